The van der Waals surface area contributed by atoms with Crippen molar-refractivity contribution in [2.75, 3.05) is 11.9 Å². The fraction of sp³-hybridized carbons (Fsp3) is 0.500. The van der Waals surface area contributed by atoms with Gasteiger partial charge in [0.1, 0.15) is 5.82 Å². The molecule has 1 aliphatic rings. The molecule has 0 aliphatic heterocycles. The van der Waals surface area contributed by atoms with E-state index < -0.39 is 11.8 Å². The third kappa shape index (κ3) is 3.84. The SMILES string of the molecule is O=C(Nc1cc(F)ccc1Cl)NC1CCCCC1CO. The first kappa shape index (κ1) is 15.1. The van der Waals surface area contributed by atoms with Gasteiger partial charge in [-0.15, -0.1) is 0 Å². The smallest absolute Gasteiger partial charge is 0.319 e. The van der Waals surface area contributed by atoms with Gasteiger partial charge in [-0.05, 0) is 31.0 Å². The molecule has 1 fully saturated rings. The number of amides is 2. The fourth-order valence-electron chi connectivity index (χ4n) is 2.54. The van der Waals surface area contributed by atoms with Crippen LogP contribution < -0.4 is 10.6 Å². The van der Waals surface area contributed by atoms with Gasteiger partial charge < -0.3 is 15.7 Å². The van der Waals surface area contributed by atoms with Gasteiger partial charge in [-0.1, -0.05) is 24.4 Å². The normalized spacial score (nSPS) is 22.4. The minimum Gasteiger partial charge on any atom is -0.396 e. The molecule has 4 nitrogen and oxygen atoms in total. The largest absolute Gasteiger partial charge is 0.396 e. The highest BCUT2D eigenvalue weighted by Gasteiger charge is 2.25. The van der Waals surface area contributed by atoms with Crippen LogP contribution in [-0.2, 0) is 0 Å². The summed E-state index contributed by atoms with van der Waals surface area (Å²) in [6.45, 7) is 0.0612. The predicted molar refractivity (Wildman–Crippen MR) is 76.4 cm³/mol. The Morgan fingerprint density at radius 1 is 1.40 bits per heavy atom. The van der Waals surface area contributed by atoms with E-state index >= 15 is 0 Å². The van der Waals surface area contributed by atoms with Gasteiger partial charge >= 0.3 is 6.03 Å². The molecule has 0 aromatic heterocycles. The number of anilines is 1. The number of benzene rings is 1. The maximum Gasteiger partial charge on any atom is 0.319 e. The van der Waals surface area contributed by atoms with Crippen LogP contribution in [0, 0.1) is 11.7 Å². The predicted octanol–water partition coefficient (Wildman–Crippen LogP) is 3.15. The monoisotopic (exact) mass is 300 g/mol. The molecule has 3 N–H and O–H groups in total. The second kappa shape index (κ2) is 6.90. The van der Waals surface area contributed by atoms with E-state index in [1.807, 2.05) is 0 Å². The fourth-order valence-corrected chi connectivity index (χ4v) is 2.70. The zero-order valence-electron chi connectivity index (χ0n) is 11.0. The summed E-state index contributed by atoms with van der Waals surface area (Å²) in [5, 5.41) is 14.9. The molecule has 110 valence electrons. The Labute approximate surface area is 122 Å². The van der Waals surface area contributed by atoms with Crippen molar-refractivity contribution in [1.29, 1.82) is 0 Å². The number of carbonyl (C=O) groups excluding carboxylic acids is 1. The summed E-state index contributed by atoms with van der Waals surface area (Å²) in [5.41, 5.74) is 0.237. The number of carbonyl (C=O) groups is 1. The number of hydrogen-bond acceptors (Lipinski definition) is 2. The van der Waals surface area contributed by atoms with E-state index in [4.69, 9.17) is 11.6 Å². The van der Waals surface area contributed by atoms with Crippen molar-refractivity contribution in [2.24, 2.45) is 5.92 Å². The van der Waals surface area contributed by atoms with Crippen LogP contribution in [0.25, 0.3) is 0 Å². The molecule has 0 saturated heterocycles. The van der Waals surface area contributed by atoms with E-state index in [9.17, 15) is 14.3 Å². The zero-order chi connectivity index (χ0) is 14.5. The third-order valence-corrected chi connectivity index (χ3v) is 3.97. The van der Waals surface area contributed by atoms with Crippen LogP contribution in [0.15, 0.2) is 18.2 Å². The summed E-state index contributed by atoms with van der Waals surface area (Å²) in [6.07, 6.45) is 3.85. The molecule has 1 aromatic rings. The first-order valence-electron chi connectivity index (χ1n) is 6.73. The van der Waals surface area contributed by atoms with E-state index in [1.165, 1.54) is 18.2 Å². The number of halogens is 2. The zero-order valence-corrected chi connectivity index (χ0v) is 11.8. The van der Waals surface area contributed by atoms with Crippen molar-refractivity contribution in [2.45, 2.75) is 31.7 Å². The van der Waals surface area contributed by atoms with Crippen LogP contribution in [0.4, 0.5) is 14.9 Å². The molecule has 0 bridgehead atoms. The maximum atomic E-state index is 13.1. The van der Waals surface area contributed by atoms with Gasteiger partial charge in [-0.2, -0.15) is 0 Å². The third-order valence-electron chi connectivity index (χ3n) is 3.64. The topological polar surface area (TPSA) is 61.4 Å². The Morgan fingerprint density at radius 2 is 2.15 bits per heavy atom. The number of rotatable bonds is 3. The molecule has 2 atom stereocenters. The number of aliphatic hydroxyl groups is 1. The summed E-state index contributed by atoms with van der Waals surface area (Å²) in [5.74, 6) is -0.381. The number of urea groups is 1. The lowest BCUT2D eigenvalue weighted by molar-refractivity contribution is 0.156. The lowest BCUT2D eigenvalue weighted by Gasteiger charge is -2.30. The van der Waals surface area contributed by atoms with Crippen molar-refractivity contribution in [3.05, 3.63) is 29.0 Å². The van der Waals surface area contributed by atoms with Crippen LogP contribution in [0.3, 0.4) is 0 Å². The highest BCUT2D eigenvalue weighted by molar-refractivity contribution is 6.33. The average molecular weight is 301 g/mol. The second-order valence-electron chi connectivity index (χ2n) is 5.06. The summed E-state index contributed by atoms with van der Waals surface area (Å²) in [7, 11) is 0. The second-order valence-corrected chi connectivity index (χ2v) is 5.46. The van der Waals surface area contributed by atoms with E-state index in [0.717, 1.165) is 25.7 Å². The van der Waals surface area contributed by atoms with Crippen molar-refractivity contribution in [1.82, 2.24) is 5.32 Å². The lowest BCUT2D eigenvalue weighted by atomic mass is 9.85. The van der Waals surface area contributed by atoms with Crippen LogP contribution in [-0.4, -0.2) is 23.8 Å². The van der Waals surface area contributed by atoms with Crippen LogP contribution in [0.2, 0.25) is 5.02 Å². The van der Waals surface area contributed by atoms with Gasteiger partial charge in [0.15, 0.2) is 0 Å². The molecule has 2 amide bonds. The average Bonchev–Trinajstić information content (AvgIpc) is 2.43. The van der Waals surface area contributed by atoms with E-state index in [-0.39, 0.29) is 29.3 Å². The summed E-state index contributed by atoms with van der Waals surface area (Å²) >= 11 is 5.89. The van der Waals surface area contributed by atoms with Gasteiger partial charge in [-0.3, -0.25) is 0 Å². The molecule has 1 saturated carbocycles. The Morgan fingerprint density at radius 3 is 2.90 bits per heavy atom. The van der Waals surface area contributed by atoms with E-state index in [2.05, 4.69) is 10.6 Å². The van der Waals surface area contributed by atoms with Crippen LogP contribution in [0.5, 0.6) is 0 Å². The first-order chi connectivity index (χ1) is 9.60. The number of aliphatic hydroxyl groups excluding tert-OH is 1. The molecule has 0 spiro atoms. The first-order valence-corrected chi connectivity index (χ1v) is 7.11. The van der Waals surface area contributed by atoms with Gasteiger partial charge in [0, 0.05) is 18.6 Å². The standard InChI is InChI=1S/C14H18ClFN2O2/c15-11-6-5-10(16)7-13(11)18-14(20)17-12-4-2-1-3-9(12)8-19/h5-7,9,12,19H,1-4,8H2,(H2,17,18,20). The molecular formula is C14H18ClFN2O2. The van der Waals surface area contributed by atoms with Crippen LogP contribution >= 0.6 is 11.6 Å². The maximum absolute atomic E-state index is 13.1. The van der Waals surface area contributed by atoms with E-state index in [1.54, 1.807) is 0 Å². The highest BCUT2D eigenvalue weighted by atomic mass is 35.5. The van der Waals surface area contributed by atoms with Crippen molar-refractivity contribution < 1.29 is 14.3 Å². The van der Waals surface area contributed by atoms with Gasteiger partial charge in [0.25, 0.3) is 0 Å². The van der Waals surface area contributed by atoms with Crippen molar-refractivity contribution >= 4 is 23.3 Å². The van der Waals surface area contributed by atoms with Gasteiger partial charge in [0.2, 0.25) is 0 Å². The Hall–Kier alpha value is -1.33. The molecule has 2 rings (SSSR count). The Balaban J connectivity index is 1.96. The summed E-state index contributed by atoms with van der Waals surface area (Å²) in [4.78, 5) is 11.9. The molecule has 6 heteroatoms. The quantitative estimate of drug-likeness (QED) is 0.803. The van der Waals surface area contributed by atoms with Crippen molar-refractivity contribution in [3.8, 4) is 0 Å². The molecule has 0 heterocycles. The lowest BCUT2D eigenvalue weighted by Crippen LogP contribution is -2.45. The molecule has 1 aromatic carbocycles. The minimum atomic E-state index is -0.462. The molecular weight excluding hydrogens is 283 g/mol. The molecule has 0 radical (unpaired) electrons. The summed E-state index contributed by atoms with van der Waals surface area (Å²) in [6, 6.07) is 3.31. The Bertz CT molecular complexity index is 484. The van der Waals surface area contributed by atoms with Gasteiger partial charge in [-0.25, -0.2) is 9.18 Å². The van der Waals surface area contributed by atoms with Gasteiger partial charge in [0.05, 0.1) is 10.7 Å². The van der Waals surface area contributed by atoms with Crippen molar-refractivity contribution in [3.63, 3.8) is 0 Å². The van der Waals surface area contributed by atoms with Crippen LogP contribution in [0.1, 0.15) is 25.7 Å². The summed E-state index contributed by atoms with van der Waals surface area (Å²) < 4.78 is 13.1. The molecule has 1 aliphatic carbocycles. The number of nitrogens with one attached hydrogen (secondary N) is 2. The van der Waals surface area contributed by atoms with E-state index in [0.29, 0.717) is 0 Å². The molecule has 2 unspecified atom stereocenters. The Kier molecular flexibility index (Phi) is 5.20. The number of hydrogen-bond donors (Lipinski definition) is 3. The highest BCUT2D eigenvalue weighted by Crippen LogP contribution is 2.25. The molecule has 20 heavy (non-hydrogen) atoms. The minimum absolute atomic E-state index is 0.0546.